The second kappa shape index (κ2) is 10.7. The maximum atomic E-state index is 12.5. The molecule has 176 valence electrons. The average Bonchev–Trinajstić information content (AvgIpc) is 2.79. The van der Waals surface area contributed by atoms with Gasteiger partial charge in [-0.25, -0.2) is 0 Å². The van der Waals surface area contributed by atoms with E-state index in [9.17, 15) is 9.59 Å². The zero-order valence-electron chi connectivity index (χ0n) is 19.7. The van der Waals surface area contributed by atoms with E-state index in [1.54, 1.807) is 24.3 Å². The molecule has 0 spiro atoms. The number of carbonyl (C=O) groups excluding carboxylic acids is 2. The highest BCUT2D eigenvalue weighted by atomic mass is 32.1. The molecule has 0 aliphatic carbocycles. The molecule has 1 heterocycles. The fraction of sp³-hybridized carbons (Fsp3) is 0.400. The highest BCUT2D eigenvalue weighted by Crippen LogP contribution is 2.22. The van der Waals surface area contributed by atoms with Crippen LogP contribution in [0.25, 0.3) is 0 Å². The molecule has 0 unspecified atom stereocenters. The van der Waals surface area contributed by atoms with Gasteiger partial charge in [-0.05, 0) is 67.7 Å². The van der Waals surface area contributed by atoms with Gasteiger partial charge in [-0.1, -0.05) is 20.8 Å². The highest BCUT2D eigenvalue weighted by molar-refractivity contribution is 7.80. The molecule has 1 saturated heterocycles. The third-order valence-electron chi connectivity index (χ3n) is 5.35. The van der Waals surface area contributed by atoms with E-state index in [4.69, 9.17) is 17.0 Å². The average molecular weight is 469 g/mol. The van der Waals surface area contributed by atoms with Gasteiger partial charge in [0.1, 0.15) is 5.75 Å². The van der Waals surface area contributed by atoms with Crippen LogP contribution >= 0.6 is 12.2 Å². The van der Waals surface area contributed by atoms with Crippen LogP contribution in [-0.2, 0) is 4.79 Å². The first-order chi connectivity index (χ1) is 15.7. The Morgan fingerprint density at radius 3 is 2.12 bits per heavy atom. The van der Waals surface area contributed by atoms with Crippen molar-refractivity contribution < 1.29 is 14.3 Å². The van der Waals surface area contributed by atoms with Gasteiger partial charge in [0.15, 0.2) is 5.11 Å². The number of carbonyl (C=O) groups is 2. The van der Waals surface area contributed by atoms with E-state index in [1.807, 2.05) is 56.9 Å². The predicted molar refractivity (Wildman–Crippen MR) is 136 cm³/mol. The molecule has 0 bridgehead atoms. The Balaban J connectivity index is 1.49. The van der Waals surface area contributed by atoms with Crippen molar-refractivity contribution in [3.63, 3.8) is 0 Å². The van der Waals surface area contributed by atoms with Crippen molar-refractivity contribution in [2.75, 3.05) is 43.0 Å². The Morgan fingerprint density at radius 1 is 0.970 bits per heavy atom. The maximum absolute atomic E-state index is 12.5. The minimum Gasteiger partial charge on any atom is -0.494 e. The summed E-state index contributed by atoms with van der Waals surface area (Å²) in [5, 5.41) is 5.97. The first-order valence-electron chi connectivity index (χ1n) is 11.2. The Hall–Kier alpha value is -3.13. The predicted octanol–water partition coefficient (Wildman–Crippen LogP) is 3.91. The number of ether oxygens (including phenoxy) is 1. The summed E-state index contributed by atoms with van der Waals surface area (Å²) in [7, 11) is 0. The van der Waals surface area contributed by atoms with E-state index in [0.717, 1.165) is 43.3 Å². The van der Waals surface area contributed by atoms with Gasteiger partial charge in [-0.3, -0.25) is 14.9 Å². The molecule has 0 radical (unpaired) electrons. The third-order valence-corrected chi connectivity index (χ3v) is 5.56. The molecule has 1 aliphatic heterocycles. The van der Waals surface area contributed by atoms with Gasteiger partial charge in [0.05, 0.1) is 6.61 Å². The van der Waals surface area contributed by atoms with Crippen LogP contribution in [-0.4, -0.2) is 54.6 Å². The Morgan fingerprint density at radius 2 is 1.58 bits per heavy atom. The Labute approximate surface area is 201 Å². The Bertz CT molecular complexity index is 976. The van der Waals surface area contributed by atoms with Crippen molar-refractivity contribution in [1.29, 1.82) is 0 Å². The second-order valence-corrected chi connectivity index (χ2v) is 9.35. The molecule has 7 nitrogen and oxygen atoms in total. The van der Waals surface area contributed by atoms with Gasteiger partial charge in [0.2, 0.25) is 5.91 Å². The lowest BCUT2D eigenvalue weighted by Gasteiger charge is -2.38. The monoisotopic (exact) mass is 468 g/mol. The quantitative estimate of drug-likeness (QED) is 0.649. The lowest BCUT2D eigenvalue weighted by molar-refractivity contribution is -0.139. The normalized spacial score (nSPS) is 13.9. The molecule has 0 aromatic heterocycles. The molecule has 3 rings (SSSR count). The number of nitrogens with zero attached hydrogens (tertiary/aromatic N) is 2. The van der Waals surface area contributed by atoms with Gasteiger partial charge in [0.25, 0.3) is 5.91 Å². The van der Waals surface area contributed by atoms with E-state index in [2.05, 4.69) is 15.5 Å². The highest BCUT2D eigenvalue weighted by Gasteiger charge is 2.29. The van der Waals surface area contributed by atoms with Crippen LogP contribution in [0.3, 0.4) is 0 Å². The summed E-state index contributed by atoms with van der Waals surface area (Å²) in [6.07, 6.45) is 0. The van der Waals surface area contributed by atoms with E-state index in [0.29, 0.717) is 12.2 Å². The van der Waals surface area contributed by atoms with Gasteiger partial charge < -0.3 is 19.9 Å². The molecular weight excluding hydrogens is 436 g/mol. The number of nitrogens with one attached hydrogen (secondary N) is 2. The summed E-state index contributed by atoms with van der Waals surface area (Å²) < 4.78 is 5.39. The molecule has 8 heteroatoms. The number of hydrogen-bond acceptors (Lipinski definition) is 5. The number of anilines is 2. The zero-order valence-corrected chi connectivity index (χ0v) is 20.5. The van der Waals surface area contributed by atoms with E-state index >= 15 is 0 Å². The van der Waals surface area contributed by atoms with Crippen LogP contribution in [0.2, 0.25) is 0 Å². The van der Waals surface area contributed by atoms with Crippen molar-refractivity contribution in [3.05, 3.63) is 54.1 Å². The zero-order chi connectivity index (χ0) is 24.0. The molecule has 1 fully saturated rings. The van der Waals surface area contributed by atoms with E-state index in [-0.39, 0.29) is 22.3 Å². The van der Waals surface area contributed by atoms with Crippen molar-refractivity contribution in [1.82, 2.24) is 10.2 Å². The summed E-state index contributed by atoms with van der Waals surface area (Å²) in [5.74, 6) is 0.634. The van der Waals surface area contributed by atoms with E-state index in [1.165, 1.54) is 0 Å². The van der Waals surface area contributed by atoms with E-state index < -0.39 is 0 Å². The molecule has 1 aliphatic rings. The van der Waals surface area contributed by atoms with Gasteiger partial charge in [0, 0.05) is 48.5 Å². The number of thiocarbonyl (C=S) groups is 1. The fourth-order valence-electron chi connectivity index (χ4n) is 3.60. The third kappa shape index (κ3) is 6.68. The van der Waals surface area contributed by atoms with Gasteiger partial charge >= 0.3 is 0 Å². The molecule has 0 atom stereocenters. The topological polar surface area (TPSA) is 73.9 Å². The summed E-state index contributed by atoms with van der Waals surface area (Å²) in [4.78, 5) is 29.1. The molecule has 2 amide bonds. The number of benzene rings is 2. The molecule has 2 aromatic rings. The lowest BCUT2D eigenvalue weighted by Crippen LogP contribution is -2.51. The van der Waals surface area contributed by atoms with Crippen molar-refractivity contribution >= 4 is 40.5 Å². The SMILES string of the molecule is CCOc1ccc(C(=O)NC(=S)Nc2ccc(N3CCN(C(=O)C(C)(C)C)CC3)cc2)cc1. The number of hydrogen-bond donors (Lipinski definition) is 2. The van der Waals surface area contributed by atoms with Crippen LogP contribution in [0, 0.1) is 5.41 Å². The number of rotatable bonds is 5. The maximum Gasteiger partial charge on any atom is 0.257 e. The first kappa shape index (κ1) is 24.5. The van der Waals surface area contributed by atoms with Gasteiger partial charge in [-0.15, -0.1) is 0 Å². The molecular formula is C25H32N4O3S. The summed E-state index contributed by atoms with van der Waals surface area (Å²) in [6, 6.07) is 14.8. The van der Waals surface area contributed by atoms with Crippen LogP contribution in [0.5, 0.6) is 5.75 Å². The second-order valence-electron chi connectivity index (χ2n) is 8.94. The molecule has 33 heavy (non-hydrogen) atoms. The largest absolute Gasteiger partial charge is 0.494 e. The smallest absolute Gasteiger partial charge is 0.257 e. The van der Waals surface area contributed by atoms with Crippen molar-refractivity contribution in [3.8, 4) is 5.75 Å². The van der Waals surface area contributed by atoms with Crippen LogP contribution in [0.1, 0.15) is 38.1 Å². The van der Waals surface area contributed by atoms with Crippen LogP contribution in [0.15, 0.2) is 48.5 Å². The fourth-order valence-corrected chi connectivity index (χ4v) is 3.82. The lowest BCUT2D eigenvalue weighted by atomic mass is 9.94. The minimum atomic E-state index is -0.351. The number of piperazine rings is 1. The minimum absolute atomic E-state index is 0.197. The molecule has 2 N–H and O–H groups in total. The first-order valence-corrected chi connectivity index (χ1v) is 11.6. The van der Waals surface area contributed by atoms with Crippen LogP contribution < -0.4 is 20.3 Å². The van der Waals surface area contributed by atoms with Gasteiger partial charge in [-0.2, -0.15) is 0 Å². The van der Waals surface area contributed by atoms with Crippen LogP contribution in [0.4, 0.5) is 11.4 Å². The summed E-state index contributed by atoms with van der Waals surface area (Å²) in [6.45, 7) is 11.4. The standard InChI is InChI=1S/C25H32N4O3S/c1-5-32-21-12-6-18(7-13-21)22(30)27-24(33)26-19-8-10-20(11-9-19)28-14-16-29(17-15-28)23(31)25(2,3)4/h6-13H,5,14-17H2,1-4H3,(H2,26,27,30,33). The van der Waals surface area contributed by atoms with Crippen molar-refractivity contribution in [2.24, 2.45) is 5.41 Å². The van der Waals surface area contributed by atoms with Crippen molar-refractivity contribution in [2.45, 2.75) is 27.7 Å². The number of amides is 2. The summed E-state index contributed by atoms with van der Waals surface area (Å²) in [5.41, 5.74) is 2.03. The molecule has 0 saturated carbocycles. The summed E-state index contributed by atoms with van der Waals surface area (Å²) >= 11 is 5.29. The Kier molecular flexibility index (Phi) is 7.92. The molecule has 2 aromatic carbocycles.